The Labute approximate surface area is 180 Å². The van der Waals surface area contributed by atoms with Gasteiger partial charge in [0.05, 0.1) is 18.0 Å². The number of aromatic nitrogens is 2. The van der Waals surface area contributed by atoms with Gasteiger partial charge in [0, 0.05) is 43.3 Å². The van der Waals surface area contributed by atoms with Crippen molar-refractivity contribution in [3.8, 4) is 0 Å². The Morgan fingerprint density at radius 3 is 2.61 bits per heavy atom. The minimum absolute atomic E-state index is 0.0621. The molecule has 2 fully saturated rings. The number of hydrogen-bond donors (Lipinski definition) is 2. The van der Waals surface area contributed by atoms with Crippen LogP contribution in [0, 0.1) is 11.6 Å². The maximum Gasteiger partial charge on any atom is 0.185 e. The quantitative estimate of drug-likeness (QED) is 0.718. The van der Waals surface area contributed by atoms with Gasteiger partial charge in [-0.2, -0.15) is 0 Å². The molecule has 0 radical (unpaired) electrons. The van der Waals surface area contributed by atoms with Crippen LogP contribution < -0.4 is 11.5 Å². The van der Waals surface area contributed by atoms with Crippen molar-refractivity contribution < 1.29 is 18.3 Å². The lowest BCUT2D eigenvalue weighted by Gasteiger charge is -2.38. The number of ether oxygens (including phenoxy) is 1. The number of aldehydes is 1. The number of rotatable bonds is 4. The molecule has 168 valence electrons. The number of carbonyl (C=O) groups is 1. The van der Waals surface area contributed by atoms with Gasteiger partial charge in [-0.1, -0.05) is 0 Å². The molecular weight excluding hydrogens is 404 g/mol. The average molecular weight is 434 g/mol. The highest BCUT2D eigenvalue weighted by atomic mass is 19.1. The van der Waals surface area contributed by atoms with Gasteiger partial charge in [-0.25, -0.2) is 13.8 Å². The molecule has 3 aliphatic rings. The van der Waals surface area contributed by atoms with Crippen LogP contribution in [0.4, 0.5) is 8.78 Å². The van der Waals surface area contributed by atoms with E-state index in [1.807, 2.05) is 11.5 Å². The Morgan fingerprint density at radius 1 is 1.26 bits per heavy atom. The second-order valence-electron chi connectivity index (χ2n) is 8.44. The molecule has 4 N–H and O–H groups in total. The number of halogens is 2. The third-order valence-corrected chi connectivity index (χ3v) is 6.12. The predicted octanol–water partition coefficient (Wildman–Crippen LogP) is 2.27. The van der Waals surface area contributed by atoms with E-state index in [-0.39, 0.29) is 11.6 Å². The van der Waals surface area contributed by atoms with Crippen LogP contribution in [-0.2, 0) is 24.4 Å². The van der Waals surface area contributed by atoms with Crippen LogP contribution >= 0.6 is 0 Å². The van der Waals surface area contributed by atoms with Crippen LogP contribution in [0.15, 0.2) is 18.2 Å². The molecule has 1 saturated heterocycles. The molecule has 3 atom stereocenters. The lowest BCUT2D eigenvalue weighted by molar-refractivity contribution is -0.0535. The van der Waals surface area contributed by atoms with E-state index < -0.39 is 23.8 Å². The van der Waals surface area contributed by atoms with Gasteiger partial charge in [-0.05, 0) is 44.4 Å². The van der Waals surface area contributed by atoms with Crippen molar-refractivity contribution in [3.05, 3.63) is 52.6 Å². The van der Waals surface area contributed by atoms with Gasteiger partial charge >= 0.3 is 0 Å². The van der Waals surface area contributed by atoms with E-state index in [1.165, 1.54) is 12.8 Å². The summed E-state index contributed by atoms with van der Waals surface area (Å²) in [5.74, 6) is -0.556. The van der Waals surface area contributed by atoms with E-state index >= 15 is 0 Å². The van der Waals surface area contributed by atoms with Crippen molar-refractivity contribution in [3.63, 3.8) is 0 Å². The zero-order valence-corrected chi connectivity index (χ0v) is 17.6. The Morgan fingerprint density at radius 2 is 2.00 bits per heavy atom. The first-order valence-corrected chi connectivity index (χ1v) is 10.8. The fourth-order valence-corrected chi connectivity index (χ4v) is 4.25. The summed E-state index contributed by atoms with van der Waals surface area (Å²) < 4.78 is 35.3. The van der Waals surface area contributed by atoms with Crippen LogP contribution in [0.3, 0.4) is 0 Å². The smallest absolute Gasteiger partial charge is 0.185 e. The number of hydrogen-bond acceptors (Lipinski definition) is 6. The summed E-state index contributed by atoms with van der Waals surface area (Å²) in [7, 11) is 0. The molecular formula is C22H29F2N5O2. The largest absolute Gasteiger partial charge is 0.370 e. The van der Waals surface area contributed by atoms with E-state index in [2.05, 4.69) is 9.88 Å². The highest BCUT2D eigenvalue weighted by molar-refractivity contribution is 5.70. The Balaban J connectivity index is 0.000000520. The van der Waals surface area contributed by atoms with Crippen molar-refractivity contribution in [2.45, 2.75) is 70.0 Å². The first-order valence-electron chi connectivity index (χ1n) is 10.8. The van der Waals surface area contributed by atoms with Crippen LogP contribution in [-0.4, -0.2) is 45.5 Å². The molecule has 7 nitrogen and oxygen atoms in total. The van der Waals surface area contributed by atoms with Crippen molar-refractivity contribution in [1.82, 2.24) is 14.5 Å². The van der Waals surface area contributed by atoms with Crippen molar-refractivity contribution in [2.75, 3.05) is 6.61 Å². The summed E-state index contributed by atoms with van der Waals surface area (Å²) >= 11 is 0. The lowest BCUT2D eigenvalue weighted by Crippen LogP contribution is -2.47. The van der Waals surface area contributed by atoms with Crippen LogP contribution in [0.1, 0.15) is 59.9 Å². The fraction of sp³-hybridized carbons (Fsp3) is 0.545. The molecule has 0 spiro atoms. The summed E-state index contributed by atoms with van der Waals surface area (Å²) in [4.78, 5) is 17.8. The van der Waals surface area contributed by atoms with Crippen molar-refractivity contribution in [1.29, 1.82) is 0 Å². The van der Waals surface area contributed by atoms with Gasteiger partial charge in [0.25, 0.3) is 0 Å². The summed E-state index contributed by atoms with van der Waals surface area (Å²) in [5, 5.41) is 0. The van der Waals surface area contributed by atoms with Crippen LogP contribution in [0.5, 0.6) is 0 Å². The molecule has 2 aliphatic heterocycles. The monoisotopic (exact) mass is 433 g/mol. The van der Waals surface area contributed by atoms with E-state index in [4.69, 9.17) is 16.2 Å². The highest BCUT2D eigenvalue weighted by Gasteiger charge is 2.37. The topological polar surface area (TPSA) is 99.4 Å². The molecule has 9 heteroatoms. The molecule has 0 amide bonds. The molecule has 2 unspecified atom stereocenters. The molecule has 1 aromatic heterocycles. The number of imidazole rings is 1. The van der Waals surface area contributed by atoms with Crippen LogP contribution in [0.25, 0.3) is 0 Å². The maximum atomic E-state index is 14.1. The molecule has 31 heavy (non-hydrogen) atoms. The molecule has 1 aromatic carbocycles. The molecule has 3 heterocycles. The van der Waals surface area contributed by atoms with Gasteiger partial charge in [0.1, 0.15) is 17.7 Å². The molecule has 0 bridgehead atoms. The number of carbonyl (C=O) groups excluding carboxylic acids is 1. The van der Waals surface area contributed by atoms with Crippen molar-refractivity contribution >= 4 is 6.29 Å². The second-order valence-corrected chi connectivity index (χ2v) is 8.44. The van der Waals surface area contributed by atoms with Gasteiger partial charge in [-0.15, -0.1) is 0 Å². The van der Waals surface area contributed by atoms with E-state index in [0.29, 0.717) is 44.5 Å². The number of nitrogens with two attached hydrogens (primary N) is 2. The maximum absolute atomic E-state index is 14.1. The first-order chi connectivity index (χ1) is 14.9. The van der Waals surface area contributed by atoms with Crippen LogP contribution in [0.2, 0.25) is 0 Å². The zero-order chi connectivity index (χ0) is 22.1. The highest BCUT2D eigenvalue weighted by Crippen LogP contribution is 2.34. The van der Waals surface area contributed by atoms with Gasteiger partial charge < -0.3 is 20.8 Å². The minimum Gasteiger partial charge on any atom is -0.370 e. The Bertz CT molecular complexity index is 946. The van der Waals surface area contributed by atoms with Gasteiger partial charge in [0.2, 0.25) is 0 Å². The second kappa shape index (κ2) is 9.12. The lowest BCUT2D eigenvalue weighted by atomic mass is 9.93. The van der Waals surface area contributed by atoms with Gasteiger partial charge in [0.15, 0.2) is 12.1 Å². The van der Waals surface area contributed by atoms with E-state index in [0.717, 1.165) is 35.9 Å². The van der Waals surface area contributed by atoms with Crippen molar-refractivity contribution in [2.24, 2.45) is 11.5 Å². The fourth-order valence-electron chi connectivity index (χ4n) is 4.25. The first kappa shape index (κ1) is 22.0. The molecule has 1 saturated carbocycles. The summed E-state index contributed by atoms with van der Waals surface area (Å²) in [5.41, 5.74) is 13.6. The number of benzene rings is 1. The number of nitrogens with zero attached hydrogens (tertiary/aromatic N) is 3. The minimum atomic E-state index is -0.661. The molecule has 1 aliphatic carbocycles. The third-order valence-electron chi connectivity index (χ3n) is 6.12. The number of fused-ring (bicyclic) bond motifs is 1. The predicted molar refractivity (Wildman–Crippen MR) is 111 cm³/mol. The standard InChI is InChI=1S/C19H22F2N4O2.C3H7N/c1-2-25-17-8-24(7-16(17)23-18(25)9-26)12-6-15(22)19(27-10-12)13-5-11(20)3-4-14(13)21;4-3-1-2-3/h3-5,9,12,15,19H,2,6-8,10,22H2,1H3;3H,1-2,4H2/t12?,15?,19-;/m1./s1. The van der Waals surface area contributed by atoms with Gasteiger partial charge in [-0.3, -0.25) is 9.69 Å². The Hall–Kier alpha value is -2.20. The SMILES string of the molecule is CCn1c(C=O)nc2c1CN(C1CO[C@H](c3cc(F)ccc3F)C(N)C1)C2.NC1CC1. The average Bonchev–Trinajstić information content (AvgIpc) is 3.31. The summed E-state index contributed by atoms with van der Waals surface area (Å²) in [6.07, 6.45) is 3.26. The summed E-state index contributed by atoms with van der Waals surface area (Å²) in [6.45, 7) is 4.35. The zero-order valence-electron chi connectivity index (χ0n) is 17.6. The molecule has 2 aromatic rings. The normalized spacial score (nSPS) is 25.6. The summed E-state index contributed by atoms with van der Waals surface area (Å²) in [6, 6.07) is 3.55. The third kappa shape index (κ3) is 4.69. The molecule has 5 rings (SSSR count). The van der Waals surface area contributed by atoms with E-state index in [1.54, 1.807) is 0 Å². The van der Waals surface area contributed by atoms with E-state index in [9.17, 15) is 13.6 Å². The Kier molecular flexibility index (Phi) is 6.47.